The maximum absolute atomic E-state index is 5.38. The second-order valence-corrected chi connectivity index (χ2v) is 1.71. The highest BCUT2D eigenvalue weighted by Gasteiger charge is 1.95. The third-order valence-corrected chi connectivity index (χ3v) is 0.996. The molecule has 3 heteroatoms. The first-order valence-electron chi connectivity index (χ1n) is 2.79. The monoisotopic (exact) mass is 118 g/mol. The molecular formula is C5H14N2O. The molecule has 0 rings (SSSR count). The summed E-state index contributed by atoms with van der Waals surface area (Å²) in [5.41, 5.74) is 10.6. The van der Waals surface area contributed by atoms with E-state index in [-0.39, 0.29) is 6.23 Å². The van der Waals surface area contributed by atoms with Crippen LogP contribution in [0.15, 0.2) is 0 Å². The molecule has 0 aliphatic heterocycles. The summed E-state index contributed by atoms with van der Waals surface area (Å²) in [5.74, 6) is 0. The van der Waals surface area contributed by atoms with E-state index >= 15 is 0 Å². The molecule has 1 unspecified atom stereocenters. The van der Waals surface area contributed by atoms with Crippen molar-refractivity contribution in [3.63, 3.8) is 0 Å². The van der Waals surface area contributed by atoms with E-state index in [9.17, 15) is 0 Å². The number of hydrogen-bond donors (Lipinski definition) is 2. The number of rotatable bonds is 4. The SMILES string of the molecule is COC(N)CCCN. The van der Waals surface area contributed by atoms with Crippen molar-refractivity contribution in [3.05, 3.63) is 0 Å². The molecule has 0 aliphatic rings. The van der Waals surface area contributed by atoms with E-state index < -0.39 is 0 Å². The molecule has 0 bridgehead atoms. The average Bonchev–Trinajstić information content (AvgIpc) is 1.83. The summed E-state index contributed by atoms with van der Waals surface area (Å²) in [5, 5.41) is 0. The number of nitrogens with two attached hydrogens (primary N) is 2. The van der Waals surface area contributed by atoms with E-state index in [1.165, 1.54) is 0 Å². The minimum atomic E-state index is -0.126. The van der Waals surface area contributed by atoms with E-state index in [0.29, 0.717) is 6.54 Å². The minimum Gasteiger partial charge on any atom is -0.367 e. The molecule has 0 spiro atoms. The van der Waals surface area contributed by atoms with Crippen LogP contribution in [0.1, 0.15) is 12.8 Å². The van der Waals surface area contributed by atoms with Crippen LogP contribution in [-0.2, 0) is 4.74 Å². The maximum Gasteiger partial charge on any atom is 0.105 e. The summed E-state index contributed by atoms with van der Waals surface area (Å²) >= 11 is 0. The summed E-state index contributed by atoms with van der Waals surface area (Å²) < 4.78 is 4.77. The van der Waals surface area contributed by atoms with E-state index in [4.69, 9.17) is 16.2 Å². The summed E-state index contributed by atoms with van der Waals surface area (Å²) in [4.78, 5) is 0. The highest BCUT2D eigenvalue weighted by molar-refractivity contribution is 4.46. The molecule has 4 N–H and O–H groups in total. The fourth-order valence-electron chi connectivity index (χ4n) is 0.437. The molecule has 3 nitrogen and oxygen atoms in total. The van der Waals surface area contributed by atoms with E-state index in [1.54, 1.807) is 7.11 Å². The topological polar surface area (TPSA) is 61.3 Å². The predicted molar refractivity (Wildman–Crippen MR) is 33.3 cm³/mol. The van der Waals surface area contributed by atoms with Gasteiger partial charge >= 0.3 is 0 Å². The number of hydrogen-bond acceptors (Lipinski definition) is 3. The normalized spacial score (nSPS) is 13.9. The molecule has 8 heavy (non-hydrogen) atoms. The lowest BCUT2D eigenvalue weighted by atomic mass is 10.3. The lowest BCUT2D eigenvalue weighted by molar-refractivity contribution is 0.0996. The molecule has 0 aromatic rings. The van der Waals surface area contributed by atoms with Gasteiger partial charge in [-0.2, -0.15) is 0 Å². The van der Waals surface area contributed by atoms with Gasteiger partial charge in [0.15, 0.2) is 0 Å². The third-order valence-electron chi connectivity index (χ3n) is 0.996. The molecule has 0 aromatic heterocycles. The van der Waals surface area contributed by atoms with Crippen LogP contribution in [0.2, 0.25) is 0 Å². The largest absolute Gasteiger partial charge is 0.367 e. The van der Waals surface area contributed by atoms with Crippen LogP contribution in [0, 0.1) is 0 Å². The molecule has 0 heterocycles. The Labute approximate surface area is 50.0 Å². The van der Waals surface area contributed by atoms with Crippen LogP contribution >= 0.6 is 0 Å². The van der Waals surface area contributed by atoms with Crippen molar-refractivity contribution in [1.29, 1.82) is 0 Å². The van der Waals surface area contributed by atoms with Crippen LogP contribution in [0.3, 0.4) is 0 Å². The van der Waals surface area contributed by atoms with Crippen molar-refractivity contribution >= 4 is 0 Å². The van der Waals surface area contributed by atoms with Gasteiger partial charge in [0.25, 0.3) is 0 Å². The van der Waals surface area contributed by atoms with Gasteiger partial charge in [-0.05, 0) is 19.4 Å². The lowest BCUT2D eigenvalue weighted by Crippen LogP contribution is -2.22. The van der Waals surface area contributed by atoms with Gasteiger partial charge in [0.05, 0.1) is 0 Å². The van der Waals surface area contributed by atoms with Gasteiger partial charge in [-0.1, -0.05) is 0 Å². The Bertz CT molecular complexity index is 49.7. The standard InChI is InChI=1S/C5H14N2O/c1-8-5(7)3-2-4-6/h5H,2-4,6-7H2,1H3. The first-order chi connectivity index (χ1) is 3.81. The van der Waals surface area contributed by atoms with Crippen LogP contribution in [0.5, 0.6) is 0 Å². The van der Waals surface area contributed by atoms with Crippen LogP contribution < -0.4 is 11.5 Å². The van der Waals surface area contributed by atoms with Crippen molar-refractivity contribution < 1.29 is 4.74 Å². The van der Waals surface area contributed by atoms with E-state index in [1.807, 2.05) is 0 Å². The summed E-state index contributed by atoms with van der Waals surface area (Å²) in [6.45, 7) is 0.692. The molecule has 0 amide bonds. The number of ether oxygens (including phenoxy) is 1. The van der Waals surface area contributed by atoms with Gasteiger partial charge in [0, 0.05) is 7.11 Å². The van der Waals surface area contributed by atoms with Gasteiger partial charge in [0.2, 0.25) is 0 Å². The van der Waals surface area contributed by atoms with Crippen LogP contribution in [0.4, 0.5) is 0 Å². The van der Waals surface area contributed by atoms with E-state index in [2.05, 4.69) is 0 Å². The molecule has 0 aromatic carbocycles. The molecule has 1 atom stereocenters. The highest BCUT2D eigenvalue weighted by Crippen LogP contribution is 1.90. The van der Waals surface area contributed by atoms with Gasteiger partial charge in [0.1, 0.15) is 6.23 Å². The fourth-order valence-corrected chi connectivity index (χ4v) is 0.437. The van der Waals surface area contributed by atoms with Gasteiger partial charge in [-0.15, -0.1) is 0 Å². The summed E-state index contributed by atoms with van der Waals surface area (Å²) in [6, 6.07) is 0. The van der Waals surface area contributed by atoms with E-state index in [0.717, 1.165) is 12.8 Å². The molecule has 0 radical (unpaired) electrons. The second-order valence-electron chi connectivity index (χ2n) is 1.71. The maximum atomic E-state index is 5.38. The van der Waals surface area contributed by atoms with Crippen molar-refractivity contribution in [1.82, 2.24) is 0 Å². The third kappa shape index (κ3) is 4.05. The zero-order valence-corrected chi connectivity index (χ0v) is 5.26. The van der Waals surface area contributed by atoms with Crippen molar-refractivity contribution in [2.45, 2.75) is 19.1 Å². The molecule has 0 fully saturated rings. The highest BCUT2D eigenvalue weighted by atomic mass is 16.5. The smallest absolute Gasteiger partial charge is 0.105 e. The zero-order chi connectivity index (χ0) is 6.41. The lowest BCUT2D eigenvalue weighted by Gasteiger charge is -2.06. The predicted octanol–water partition coefficient (Wildman–Crippen LogP) is -0.343. The Morgan fingerprint density at radius 3 is 2.62 bits per heavy atom. The Balaban J connectivity index is 2.86. The Kier molecular flexibility index (Phi) is 4.95. The van der Waals surface area contributed by atoms with Gasteiger partial charge < -0.3 is 16.2 Å². The van der Waals surface area contributed by atoms with Crippen molar-refractivity contribution in [2.75, 3.05) is 13.7 Å². The summed E-state index contributed by atoms with van der Waals surface area (Å²) in [7, 11) is 1.60. The zero-order valence-electron chi connectivity index (χ0n) is 5.26. The molecule has 0 saturated heterocycles. The van der Waals surface area contributed by atoms with Gasteiger partial charge in [-0.25, -0.2) is 0 Å². The molecule has 0 aliphatic carbocycles. The molecule has 50 valence electrons. The van der Waals surface area contributed by atoms with Crippen LogP contribution in [0.25, 0.3) is 0 Å². The first-order valence-corrected chi connectivity index (χ1v) is 2.79. The first kappa shape index (κ1) is 7.88. The second kappa shape index (κ2) is 5.03. The quantitative estimate of drug-likeness (QED) is 0.496. The number of methoxy groups -OCH3 is 1. The average molecular weight is 118 g/mol. The summed E-state index contributed by atoms with van der Waals surface area (Å²) in [6.07, 6.45) is 1.67. The molecular weight excluding hydrogens is 104 g/mol. The Morgan fingerprint density at radius 2 is 2.25 bits per heavy atom. The Morgan fingerprint density at radius 1 is 1.62 bits per heavy atom. The Hall–Kier alpha value is -0.120. The van der Waals surface area contributed by atoms with Crippen molar-refractivity contribution in [3.8, 4) is 0 Å². The van der Waals surface area contributed by atoms with Crippen molar-refractivity contribution in [2.24, 2.45) is 11.5 Å². The minimum absolute atomic E-state index is 0.126. The fraction of sp³-hybridized carbons (Fsp3) is 1.00. The molecule has 0 saturated carbocycles. The van der Waals surface area contributed by atoms with Gasteiger partial charge in [-0.3, -0.25) is 0 Å². The van der Waals surface area contributed by atoms with Crippen LogP contribution in [-0.4, -0.2) is 19.9 Å².